The average Bonchev–Trinajstić information content (AvgIpc) is 2.86. The molecule has 0 aliphatic rings. The van der Waals surface area contributed by atoms with Crippen LogP contribution in [0, 0.1) is 10.1 Å². The molecule has 120 valence electrons. The summed E-state index contributed by atoms with van der Waals surface area (Å²) < 4.78 is 1.13. The molecule has 0 fully saturated rings. The van der Waals surface area contributed by atoms with Crippen LogP contribution in [0.1, 0.15) is 5.56 Å². The summed E-state index contributed by atoms with van der Waals surface area (Å²) in [6.07, 6.45) is 1.44. The van der Waals surface area contributed by atoms with Crippen LogP contribution in [-0.2, 0) is 4.79 Å². The molecule has 11 nitrogen and oxygen atoms in total. The Morgan fingerprint density at radius 1 is 1.43 bits per heavy atom. The van der Waals surface area contributed by atoms with Crippen LogP contribution in [0.25, 0.3) is 0 Å². The number of non-ortho nitro benzene ring substituents is 1. The maximum Gasteiger partial charge on any atom is 0.269 e. The van der Waals surface area contributed by atoms with E-state index in [0.29, 0.717) is 10.7 Å². The number of rotatable bonds is 7. The van der Waals surface area contributed by atoms with Crippen molar-refractivity contribution in [2.45, 2.75) is 5.16 Å². The van der Waals surface area contributed by atoms with Crippen molar-refractivity contribution in [3.8, 4) is 0 Å². The Balaban J connectivity index is 1.97. The van der Waals surface area contributed by atoms with Gasteiger partial charge < -0.3 is 11.6 Å². The molecule has 0 saturated carbocycles. The van der Waals surface area contributed by atoms with Crippen LogP contribution in [0.15, 0.2) is 34.5 Å². The van der Waals surface area contributed by atoms with E-state index in [1.807, 2.05) is 0 Å². The molecule has 1 aromatic heterocycles. The summed E-state index contributed by atoms with van der Waals surface area (Å²) in [4.78, 5) is 20.8. The van der Waals surface area contributed by atoms with Gasteiger partial charge in [-0.3, -0.25) is 14.9 Å². The molecular weight excluding hydrogens is 324 g/mol. The van der Waals surface area contributed by atoms with E-state index in [1.54, 1.807) is 12.1 Å². The largest absolute Gasteiger partial charge is 0.369 e. The molecule has 1 aromatic carbocycles. The lowest BCUT2D eigenvalue weighted by Crippen LogP contribution is -2.16. The number of nitrogen functional groups attached to an aromatic ring is 1. The zero-order valence-corrected chi connectivity index (χ0v) is 12.4. The van der Waals surface area contributed by atoms with Crippen molar-refractivity contribution in [3.05, 3.63) is 39.9 Å². The SMILES string of the molecule is NC(=O)CSc1nnc(N/N=C/c2ccc([N+](=O)[O-])cc2)n1N. The first-order valence-electron chi connectivity index (χ1n) is 6.12. The van der Waals surface area contributed by atoms with Gasteiger partial charge >= 0.3 is 0 Å². The Morgan fingerprint density at radius 2 is 2.13 bits per heavy atom. The zero-order valence-electron chi connectivity index (χ0n) is 11.6. The lowest BCUT2D eigenvalue weighted by molar-refractivity contribution is -0.384. The highest BCUT2D eigenvalue weighted by atomic mass is 32.2. The van der Waals surface area contributed by atoms with E-state index < -0.39 is 10.8 Å². The van der Waals surface area contributed by atoms with Crippen LogP contribution in [-0.4, -0.2) is 37.7 Å². The van der Waals surface area contributed by atoms with Crippen molar-refractivity contribution >= 4 is 35.5 Å². The number of benzene rings is 1. The molecule has 0 saturated heterocycles. The molecule has 23 heavy (non-hydrogen) atoms. The summed E-state index contributed by atoms with van der Waals surface area (Å²) in [5.41, 5.74) is 8.25. The first kappa shape index (κ1) is 16.2. The highest BCUT2D eigenvalue weighted by Crippen LogP contribution is 2.16. The van der Waals surface area contributed by atoms with Gasteiger partial charge in [0.1, 0.15) is 0 Å². The fraction of sp³-hybridized carbons (Fsp3) is 0.0909. The van der Waals surface area contributed by atoms with Crippen LogP contribution in [0.3, 0.4) is 0 Å². The summed E-state index contributed by atoms with van der Waals surface area (Å²) >= 11 is 1.04. The quantitative estimate of drug-likeness (QED) is 0.207. The molecule has 1 heterocycles. The fourth-order valence-corrected chi connectivity index (χ4v) is 2.03. The van der Waals surface area contributed by atoms with Crippen LogP contribution in [0.4, 0.5) is 11.6 Å². The van der Waals surface area contributed by atoms with Crippen LogP contribution >= 0.6 is 11.8 Å². The maximum absolute atomic E-state index is 10.7. The molecule has 0 unspecified atom stereocenters. The second kappa shape index (κ2) is 7.22. The molecule has 2 aromatic rings. The minimum absolute atomic E-state index is 0.00655. The Kier molecular flexibility index (Phi) is 5.09. The summed E-state index contributed by atoms with van der Waals surface area (Å²) in [5.74, 6) is 5.42. The van der Waals surface area contributed by atoms with Gasteiger partial charge in [0, 0.05) is 12.1 Å². The average molecular weight is 336 g/mol. The summed E-state index contributed by atoms with van der Waals surface area (Å²) in [7, 11) is 0. The lowest BCUT2D eigenvalue weighted by atomic mass is 10.2. The van der Waals surface area contributed by atoms with Gasteiger partial charge in [-0.15, -0.1) is 10.2 Å². The van der Waals surface area contributed by atoms with E-state index in [0.717, 1.165) is 16.4 Å². The highest BCUT2D eigenvalue weighted by molar-refractivity contribution is 7.99. The monoisotopic (exact) mass is 336 g/mol. The van der Waals surface area contributed by atoms with Gasteiger partial charge in [-0.1, -0.05) is 11.8 Å². The number of hydrazone groups is 1. The normalized spacial score (nSPS) is 10.8. The molecule has 0 aliphatic heterocycles. The summed E-state index contributed by atoms with van der Waals surface area (Å²) in [6.45, 7) is 0. The van der Waals surface area contributed by atoms with E-state index in [4.69, 9.17) is 11.6 Å². The predicted octanol–water partition coefficient (Wildman–Crippen LogP) is -0.0765. The zero-order chi connectivity index (χ0) is 16.8. The van der Waals surface area contributed by atoms with Crippen molar-refractivity contribution in [1.29, 1.82) is 0 Å². The van der Waals surface area contributed by atoms with Gasteiger partial charge in [0.05, 0.1) is 16.9 Å². The maximum atomic E-state index is 10.7. The molecule has 12 heteroatoms. The van der Waals surface area contributed by atoms with Crippen molar-refractivity contribution in [1.82, 2.24) is 14.9 Å². The second-order valence-electron chi connectivity index (χ2n) is 4.15. The molecule has 0 spiro atoms. The highest BCUT2D eigenvalue weighted by Gasteiger charge is 2.10. The number of primary amides is 1. The molecule has 0 radical (unpaired) electrons. The van der Waals surface area contributed by atoms with Crippen molar-refractivity contribution < 1.29 is 9.72 Å². The van der Waals surface area contributed by atoms with Gasteiger partial charge in [0.15, 0.2) is 0 Å². The number of nitro groups is 1. The van der Waals surface area contributed by atoms with Crippen molar-refractivity contribution in [3.63, 3.8) is 0 Å². The number of hydrogen-bond donors (Lipinski definition) is 3. The molecular formula is C11H12N8O3S. The lowest BCUT2D eigenvalue weighted by Gasteiger charge is -2.01. The molecule has 0 bridgehead atoms. The van der Waals surface area contributed by atoms with E-state index in [-0.39, 0.29) is 17.4 Å². The Hall–Kier alpha value is -3.15. The van der Waals surface area contributed by atoms with E-state index in [2.05, 4.69) is 20.7 Å². The third-order valence-electron chi connectivity index (χ3n) is 2.49. The van der Waals surface area contributed by atoms with Gasteiger partial charge in [-0.2, -0.15) is 5.10 Å². The first-order chi connectivity index (χ1) is 11.0. The third kappa shape index (κ3) is 4.41. The third-order valence-corrected chi connectivity index (χ3v) is 3.46. The number of nitrogens with one attached hydrogen (secondary N) is 1. The number of thioether (sulfide) groups is 1. The minimum Gasteiger partial charge on any atom is -0.369 e. The number of anilines is 1. The van der Waals surface area contributed by atoms with Gasteiger partial charge in [-0.25, -0.2) is 10.1 Å². The number of aromatic nitrogens is 3. The van der Waals surface area contributed by atoms with Gasteiger partial charge in [0.2, 0.25) is 11.1 Å². The van der Waals surface area contributed by atoms with Crippen molar-refractivity contribution in [2.24, 2.45) is 10.8 Å². The number of nitrogens with zero attached hydrogens (tertiary/aromatic N) is 5. The van der Waals surface area contributed by atoms with Gasteiger partial charge in [-0.05, 0) is 17.7 Å². The number of hydrogen-bond acceptors (Lipinski definition) is 9. The molecule has 0 atom stereocenters. The van der Waals surface area contributed by atoms with Crippen LogP contribution in [0.5, 0.6) is 0 Å². The predicted molar refractivity (Wildman–Crippen MR) is 84.4 cm³/mol. The van der Waals surface area contributed by atoms with Crippen LogP contribution < -0.4 is 17.0 Å². The van der Waals surface area contributed by atoms with E-state index in [1.165, 1.54) is 18.3 Å². The first-order valence-corrected chi connectivity index (χ1v) is 7.11. The topological polar surface area (TPSA) is 167 Å². The Morgan fingerprint density at radius 3 is 2.74 bits per heavy atom. The van der Waals surface area contributed by atoms with Crippen molar-refractivity contribution in [2.75, 3.05) is 17.0 Å². The Labute approximate surface area is 133 Å². The number of nitro benzene ring substituents is 1. The smallest absolute Gasteiger partial charge is 0.269 e. The summed E-state index contributed by atoms with van der Waals surface area (Å²) in [6, 6.07) is 5.83. The number of carbonyl (C=O) groups excluding carboxylic acids is 1. The molecule has 1 amide bonds. The van der Waals surface area contributed by atoms with E-state index >= 15 is 0 Å². The van der Waals surface area contributed by atoms with E-state index in [9.17, 15) is 14.9 Å². The molecule has 0 aliphatic carbocycles. The standard InChI is InChI=1S/C11H12N8O3S/c12-9(20)6-23-11-17-16-10(18(11)13)15-14-5-7-1-3-8(4-2-7)19(21)22/h1-5H,6,13H2,(H2,12,20)(H,15,16)/b14-5+. The van der Waals surface area contributed by atoms with Gasteiger partial charge in [0.25, 0.3) is 11.6 Å². The molecule has 2 rings (SSSR count). The Bertz CT molecular complexity index is 742. The fourth-order valence-electron chi connectivity index (χ4n) is 1.43. The second-order valence-corrected chi connectivity index (χ2v) is 5.09. The van der Waals surface area contributed by atoms with Crippen LogP contribution in [0.2, 0.25) is 0 Å². The minimum atomic E-state index is -0.497. The number of carbonyl (C=O) groups is 1. The molecule has 5 N–H and O–H groups in total. The summed E-state index contributed by atoms with van der Waals surface area (Å²) in [5, 5.41) is 22.3. The number of amides is 1. The number of nitrogens with two attached hydrogens (primary N) is 2.